The third-order valence-corrected chi connectivity index (χ3v) is 5.73. The number of benzene rings is 1. The molecule has 1 saturated carbocycles. The first-order valence-electron chi connectivity index (χ1n) is 10.1. The van der Waals surface area contributed by atoms with E-state index in [0.717, 1.165) is 55.2 Å². The van der Waals surface area contributed by atoms with E-state index in [1.54, 1.807) is 6.33 Å². The van der Waals surface area contributed by atoms with Crippen LogP contribution >= 0.6 is 0 Å². The third kappa shape index (κ3) is 2.79. The number of carbonyl (C=O) groups is 1. The second-order valence-corrected chi connectivity index (χ2v) is 7.79. The van der Waals surface area contributed by atoms with Crippen LogP contribution in [0.4, 0.5) is 0 Å². The van der Waals surface area contributed by atoms with Crippen molar-refractivity contribution >= 4 is 22.3 Å². The standard InChI is InChI=1S/C21H20N6O2/c28-20(24-26-9-3-4-10-26)15-11-17-18(19-23-21(29-25-19)13-7-8-13)22-12-27(17)16-6-2-1-5-14(15)16/h1-2,5-6,11-13H,3-4,7-10H2,(H,24,28). The van der Waals surface area contributed by atoms with E-state index in [2.05, 4.69) is 20.6 Å². The predicted octanol–water partition coefficient (Wildman–Crippen LogP) is 3.16. The molecule has 8 nitrogen and oxygen atoms in total. The van der Waals surface area contributed by atoms with Crippen molar-refractivity contribution in [3.8, 4) is 11.5 Å². The lowest BCUT2D eigenvalue weighted by Gasteiger charge is -2.17. The summed E-state index contributed by atoms with van der Waals surface area (Å²) in [6, 6.07) is 9.74. The summed E-state index contributed by atoms with van der Waals surface area (Å²) >= 11 is 0. The molecular weight excluding hydrogens is 368 g/mol. The van der Waals surface area contributed by atoms with Crippen LogP contribution in [0.2, 0.25) is 0 Å². The van der Waals surface area contributed by atoms with Crippen LogP contribution in [0.5, 0.6) is 0 Å². The van der Waals surface area contributed by atoms with Gasteiger partial charge < -0.3 is 4.52 Å². The summed E-state index contributed by atoms with van der Waals surface area (Å²) in [5.74, 6) is 1.42. The van der Waals surface area contributed by atoms with E-state index in [1.807, 2.05) is 39.7 Å². The Morgan fingerprint density at radius 3 is 2.79 bits per heavy atom. The van der Waals surface area contributed by atoms with Crippen molar-refractivity contribution in [2.24, 2.45) is 0 Å². The lowest BCUT2D eigenvalue weighted by molar-refractivity contribution is 0.0827. The topological polar surface area (TPSA) is 88.6 Å². The van der Waals surface area contributed by atoms with Crippen LogP contribution in [0, 0.1) is 0 Å². The summed E-state index contributed by atoms with van der Waals surface area (Å²) in [4.78, 5) is 22.2. The Morgan fingerprint density at radius 1 is 1.14 bits per heavy atom. The molecule has 4 heterocycles. The first-order chi connectivity index (χ1) is 14.3. The number of hydrazine groups is 1. The van der Waals surface area contributed by atoms with Gasteiger partial charge in [0.15, 0.2) is 0 Å². The molecule has 0 unspecified atom stereocenters. The first kappa shape index (κ1) is 16.7. The van der Waals surface area contributed by atoms with Gasteiger partial charge in [0.2, 0.25) is 11.7 Å². The van der Waals surface area contributed by atoms with Crippen LogP contribution in [0.1, 0.15) is 47.8 Å². The van der Waals surface area contributed by atoms with Crippen LogP contribution in [0.15, 0.2) is 41.2 Å². The highest BCUT2D eigenvalue weighted by atomic mass is 16.5. The smallest absolute Gasteiger partial charge is 0.266 e. The number of nitrogens with one attached hydrogen (secondary N) is 1. The van der Waals surface area contributed by atoms with E-state index in [0.29, 0.717) is 28.9 Å². The average molecular weight is 388 g/mol. The van der Waals surface area contributed by atoms with E-state index >= 15 is 0 Å². The van der Waals surface area contributed by atoms with Gasteiger partial charge in [-0.1, -0.05) is 23.4 Å². The monoisotopic (exact) mass is 388 g/mol. The minimum absolute atomic E-state index is 0.107. The van der Waals surface area contributed by atoms with Crippen molar-refractivity contribution in [3.63, 3.8) is 0 Å². The maximum atomic E-state index is 13.1. The van der Waals surface area contributed by atoms with Gasteiger partial charge in [-0.2, -0.15) is 4.98 Å². The number of hydrogen-bond donors (Lipinski definition) is 1. The molecule has 1 saturated heterocycles. The number of aromatic nitrogens is 4. The minimum Gasteiger partial charge on any atom is -0.339 e. The zero-order valence-electron chi connectivity index (χ0n) is 15.8. The molecule has 1 N–H and O–H groups in total. The number of amides is 1. The van der Waals surface area contributed by atoms with Gasteiger partial charge in [-0.15, -0.1) is 0 Å². The van der Waals surface area contributed by atoms with E-state index in [-0.39, 0.29) is 5.91 Å². The Bertz CT molecular complexity index is 1230. The van der Waals surface area contributed by atoms with Gasteiger partial charge in [0, 0.05) is 24.4 Å². The Morgan fingerprint density at radius 2 is 1.97 bits per heavy atom. The molecule has 2 aliphatic rings. The maximum absolute atomic E-state index is 13.1. The summed E-state index contributed by atoms with van der Waals surface area (Å²) in [5, 5.41) is 7.00. The first-order valence-corrected chi connectivity index (χ1v) is 10.1. The van der Waals surface area contributed by atoms with Gasteiger partial charge in [-0.3, -0.25) is 14.6 Å². The normalized spacial score (nSPS) is 17.4. The van der Waals surface area contributed by atoms with Crippen LogP contribution in [-0.2, 0) is 0 Å². The molecule has 0 spiro atoms. The fourth-order valence-electron chi connectivity index (χ4n) is 4.03. The minimum atomic E-state index is -0.107. The average Bonchev–Trinajstić information content (AvgIpc) is 3.12. The maximum Gasteiger partial charge on any atom is 0.266 e. The number of hydrogen-bond acceptors (Lipinski definition) is 6. The summed E-state index contributed by atoms with van der Waals surface area (Å²) in [7, 11) is 0. The largest absolute Gasteiger partial charge is 0.339 e. The molecule has 0 bridgehead atoms. The van der Waals surface area contributed by atoms with Crippen LogP contribution in [-0.4, -0.2) is 43.5 Å². The summed E-state index contributed by atoms with van der Waals surface area (Å²) < 4.78 is 7.40. The molecule has 3 aromatic heterocycles. The highest BCUT2D eigenvalue weighted by molar-refractivity contribution is 6.08. The molecule has 2 fully saturated rings. The van der Waals surface area contributed by atoms with Crippen molar-refractivity contribution in [1.82, 2.24) is 30.0 Å². The Balaban J connectivity index is 1.49. The third-order valence-electron chi connectivity index (χ3n) is 5.73. The molecule has 1 aliphatic heterocycles. The van der Waals surface area contributed by atoms with Crippen LogP contribution < -0.4 is 5.43 Å². The molecule has 29 heavy (non-hydrogen) atoms. The zero-order chi connectivity index (χ0) is 19.4. The molecule has 1 aliphatic carbocycles. The highest BCUT2D eigenvalue weighted by Gasteiger charge is 2.30. The zero-order valence-corrected chi connectivity index (χ0v) is 15.8. The number of para-hydroxylation sites is 1. The fraction of sp³-hybridized carbons (Fsp3) is 0.333. The Hall–Kier alpha value is -3.26. The van der Waals surface area contributed by atoms with Gasteiger partial charge in [0.25, 0.3) is 5.91 Å². The van der Waals surface area contributed by atoms with Gasteiger partial charge in [-0.05, 0) is 37.8 Å². The quantitative estimate of drug-likeness (QED) is 0.578. The second-order valence-electron chi connectivity index (χ2n) is 7.79. The van der Waals surface area contributed by atoms with E-state index in [4.69, 9.17) is 4.52 Å². The fourth-order valence-corrected chi connectivity index (χ4v) is 4.03. The van der Waals surface area contributed by atoms with Gasteiger partial charge in [0.05, 0.1) is 16.6 Å². The second kappa shape index (κ2) is 6.38. The molecular formula is C21H20N6O2. The number of carbonyl (C=O) groups excluding carboxylic acids is 1. The number of fused-ring (bicyclic) bond motifs is 3. The molecule has 1 aromatic carbocycles. The van der Waals surface area contributed by atoms with E-state index < -0.39 is 0 Å². The predicted molar refractivity (Wildman–Crippen MR) is 106 cm³/mol. The highest BCUT2D eigenvalue weighted by Crippen LogP contribution is 2.39. The van der Waals surface area contributed by atoms with Crippen molar-refractivity contribution in [1.29, 1.82) is 0 Å². The Kier molecular flexibility index (Phi) is 3.67. The van der Waals surface area contributed by atoms with Crippen molar-refractivity contribution in [2.45, 2.75) is 31.6 Å². The number of nitrogens with zero attached hydrogens (tertiary/aromatic N) is 5. The molecule has 6 rings (SSSR count). The van der Waals surface area contributed by atoms with Gasteiger partial charge >= 0.3 is 0 Å². The molecule has 0 radical (unpaired) electrons. The summed E-state index contributed by atoms with van der Waals surface area (Å²) in [6.07, 6.45) is 6.15. The molecule has 1 amide bonds. The van der Waals surface area contributed by atoms with E-state index in [1.165, 1.54) is 0 Å². The number of pyridine rings is 1. The number of imidazole rings is 1. The molecule has 8 heteroatoms. The summed E-state index contributed by atoms with van der Waals surface area (Å²) in [5.41, 5.74) is 6.00. The lowest BCUT2D eigenvalue weighted by atomic mass is 10.1. The van der Waals surface area contributed by atoms with Crippen molar-refractivity contribution in [2.75, 3.05) is 13.1 Å². The van der Waals surface area contributed by atoms with Crippen molar-refractivity contribution in [3.05, 3.63) is 48.1 Å². The number of rotatable bonds is 4. The van der Waals surface area contributed by atoms with Gasteiger partial charge in [0.1, 0.15) is 12.0 Å². The Labute approximate surface area is 166 Å². The molecule has 146 valence electrons. The van der Waals surface area contributed by atoms with Crippen LogP contribution in [0.3, 0.4) is 0 Å². The van der Waals surface area contributed by atoms with Gasteiger partial charge in [-0.25, -0.2) is 9.99 Å². The SMILES string of the molecule is O=C(NN1CCCC1)c1cc2c(-c3noc(C4CC4)n3)ncn2c2ccccc12. The van der Waals surface area contributed by atoms with Crippen molar-refractivity contribution < 1.29 is 9.32 Å². The summed E-state index contributed by atoms with van der Waals surface area (Å²) in [6.45, 7) is 1.77. The van der Waals surface area contributed by atoms with Crippen LogP contribution in [0.25, 0.3) is 27.9 Å². The molecule has 4 aromatic rings. The van der Waals surface area contributed by atoms with E-state index in [9.17, 15) is 4.79 Å². The lowest BCUT2D eigenvalue weighted by Crippen LogP contribution is -2.40. The molecule has 0 atom stereocenters.